The predicted molar refractivity (Wildman–Crippen MR) is 185 cm³/mol. The van der Waals surface area contributed by atoms with E-state index in [0.29, 0.717) is 0 Å². The van der Waals surface area contributed by atoms with E-state index in [1.807, 2.05) is 6.07 Å². The van der Waals surface area contributed by atoms with Crippen LogP contribution in [0.15, 0.2) is 133 Å². The van der Waals surface area contributed by atoms with Crippen LogP contribution in [0.5, 0.6) is 0 Å². The van der Waals surface area contributed by atoms with Crippen LogP contribution in [0.1, 0.15) is 25.0 Å². The van der Waals surface area contributed by atoms with Crippen LogP contribution in [0.3, 0.4) is 0 Å². The van der Waals surface area contributed by atoms with Crippen LogP contribution in [0.4, 0.5) is 0 Å². The number of imidazole rings is 1. The Hall–Kier alpha value is -5.74. The van der Waals surface area contributed by atoms with Crippen LogP contribution < -0.4 is 0 Å². The average molecular weight is 577 g/mol. The fraction of sp³-hybridized carbons (Fsp3) is 0.0732. The molecule has 0 aliphatic heterocycles. The van der Waals surface area contributed by atoms with E-state index in [1.165, 1.54) is 44.2 Å². The molecule has 0 N–H and O–H groups in total. The van der Waals surface area contributed by atoms with E-state index in [9.17, 15) is 0 Å². The maximum atomic E-state index is 5.35. The van der Waals surface area contributed by atoms with Crippen LogP contribution in [-0.4, -0.2) is 18.9 Å². The minimum atomic E-state index is -0.0516. The second kappa shape index (κ2) is 8.67. The number of fused-ring (bicyclic) bond motifs is 11. The summed E-state index contributed by atoms with van der Waals surface area (Å²) < 4.78 is 4.56. The first kappa shape index (κ1) is 24.7. The van der Waals surface area contributed by atoms with Gasteiger partial charge in [0.1, 0.15) is 5.65 Å². The molecule has 0 spiro atoms. The summed E-state index contributed by atoms with van der Waals surface area (Å²) in [6.07, 6.45) is 0. The minimum absolute atomic E-state index is 0.0516. The van der Waals surface area contributed by atoms with E-state index < -0.39 is 0 Å². The third-order valence-electron chi connectivity index (χ3n) is 9.92. The molecule has 45 heavy (non-hydrogen) atoms. The molecule has 3 heterocycles. The summed E-state index contributed by atoms with van der Waals surface area (Å²) in [6.45, 7) is 4.68. The van der Waals surface area contributed by atoms with Crippen molar-refractivity contribution >= 4 is 49.4 Å². The Morgan fingerprint density at radius 2 is 1.13 bits per heavy atom. The standard InChI is InChI=1S/C41H28N4/c1-41(2)32-14-6-3-11-27(32)28-21-19-25(23-33(28)41)26-20-22-30-29-12-5-9-17-36(29)44(38(30)24-26)40-43-34-15-7-4-13-31(34)39-42-35-16-8-10-18-37(35)45(39)40/h3-24H,1-2H3. The number of rotatable bonds is 2. The molecule has 3 aromatic heterocycles. The van der Waals surface area contributed by atoms with Gasteiger partial charge in [0.2, 0.25) is 5.95 Å². The van der Waals surface area contributed by atoms with Gasteiger partial charge in [-0.2, -0.15) is 0 Å². The summed E-state index contributed by atoms with van der Waals surface area (Å²) in [5.41, 5.74) is 13.9. The van der Waals surface area contributed by atoms with Crippen molar-refractivity contribution in [3.8, 4) is 28.2 Å². The lowest BCUT2D eigenvalue weighted by atomic mass is 9.81. The van der Waals surface area contributed by atoms with E-state index in [-0.39, 0.29) is 5.41 Å². The SMILES string of the molecule is CC1(C)c2ccccc2-c2ccc(-c3ccc4c5ccccc5n(-c5nc6ccccc6c6nc7ccccc7n56)c4c3)cc21. The lowest BCUT2D eigenvalue weighted by molar-refractivity contribution is 0.660. The van der Waals surface area contributed by atoms with E-state index >= 15 is 0 Å². The molecule has 0 amide bonds. The highest BCUT2D eigenvalue weighted by atomic mass is 15.2. The van der Waals surface area contributed by atoms with Crippen molar-refractivity contribution in [1.82, 2.24) is 18.9 Å². The van der Waals surface area contributed by atoms with E-state index in [0.717, 1.165) is 44.6 Å². The molecule has 10 rings (SSSR count). The molecule has 9 aromatic rings. The van der Waals surface area contributed by atoms with Gasteiger partial charge in [-0.25, -0.2) is 9.97 Å². The third-order valence-corrected chi connectivity index (χ3v) is 9.92. The fourth-order valence-corrected chi connectivity index (χ4v) is 7.73. The summed E-state index contributed by atoms with van der Waals surface area (Å²) in [5.74, 6) is 0.839. The van der Waals surface area contributed by atoms with Gasteiger partial charge in [-0.1, -0.05) is 105 Å². The quantitative estimate of drug-likeness (QED) is 0.205. The Balaban J connectivity index is 1.28. The second-order valence-corrected chi connectivity index (χ2v) is 12.7. The zero-order chi connectivity index (χ0) is 29.9. The molecule has 0 radical (unpaired) electrons. The van der Waals surface area contributed by atoms with Gasteiger partial charge in [0.25, 0.3) is 0 Å². The number of hydrogen-bond donors (Lipinski definition) is 0. The first-order chi connectivity index (χ1) is 22.1. The number of aromatic nitrogens is 4. The Morgan fingerprint density at radius 1 is 0.489 bits per heavy atom. The van der Waals surface area contributed by atoms with Crippen molar-refractivity contribution in [3.05, 3.63) is 145 Å². The molecule has 1 aliphatic rings. The molecule has 4 heteroatoms. The molecule has 6 aromatic carbocycles. The van der Waals surface area contributed by atoms with E-state index in [1.54, 1.807) is 0 Å². The molecular formula is C41H28N4. The van der Waals surface area contributed by atoms with E-state index in [2.05, 4.69) is 150 Å². The summed E-state index contributed by atoms with van der Waals surface area (Å²) >= 11 is 0. The maximum Gasteiger partial charge on any atom is 0.221 e. The van der Waals surface area contributed by atoms with Gasteiger partial charge in [-0.3, -0.25) is 8.97 Å². The number of hydrogen-bond acceptors (Lipinski definition) is 2. The summed E-state index contributed by atoms with van der Waals surface area (Å²) in [7, 11) is 0. The molecule has 0 bridgehead atoms. The Labute approximate surface area is 259 Å². The van der Waals surface area contributed by atoms with Crippen molar-refractivity contribution in [2.75, 3.05) is 0 Å². The van der Waals surface area contributed by atoms with E-state index in [4.69, 9.17) is 9.97 Å². The lowest BCUT2D eigenvalue weighted by Crippen LogP contribution is -2.14. The van der Waals surface area contributed by atoms with Crippen LogP contribution >= 0.6 is 0 Å². The lowest BCUT2D eigenvalue weighted by Gasteiger charge is -2.22. The van der Waals surface area contributed by atoms with Crippen LogP contribution in [-0.2, 0) is 5.41 Å². The molecule has 212 valence electrons. The topological polar surface area (TPSA) is 35.1 Å². The Bertz CT molecular complexity index is 2690. The van der Waals surface area contributed by atoms with Gasteiger partial charge in [0.15, 0.2) is 0 Å². The zero-order valence-corrected chi connectivity index (χ0v) is 25.0. The van der Waals surface area contributed by atoms with Crippen molar-refractivity contribution < 1.29 is 0 Å². The molecule has 0 unspecified atom stereocenters. The van der Waals surface area contributed by atoms with Gasteiger partial charge < -0.3 is 0 Å². The van der Waals surface area contributed by atoms with Gasteiger partial charge >= 0.3 is 0 Å². The number of para-hydroxylation sites is 4. The van der Waals surface area contributed by atoms with Gasteiger partial charge in [0, 0.05) is 21.6 Å². The zero-order valence-electron chi connectivity index (χ0n) is 25.0. The molecule has 0 saturated heterocycles. The summed E-state index contributed by atoms with van der Waals surface area (Å²) in [4.78, 5) is 10.5. The van der Waals surface area contributed by atoms with Crippen LogP contribution in [0, 0.1) is 0 Å². The fourth-order valence-electron chi connectivity index (χ4n) is 7.73. The van der Waals surface area contributed by atoms with Gasteiger partial charge in [-0.05, 0) is 75.8 Å². The summed E-state index contributed by atoms with van der Waals surface area (Å²) in [6, 6.07) is 48.0. The molecule has 0 atom stereocenters. The Kier molecular flexibility index (Phi) is 4.76. The summed E-state index contributed by atoms with van der Waals surface area (Å²) in [5, 5.41) is 3.45. The number of nitrogens with zero attached hydrogens (tertiary/aromatic N) is 4. The first-order valence-electron chi connectivity index (χ1n) is 15.5. The average Bonchev–Trinajstić information content (AvgIpc) is 3.71. The van der Waals surface area contributed by atoms with Crippen molar-refractivity contribution in [2.45, 2.75) is 19.3 Å². The number of benzene rings is 6. The highest BCUT2D eigenvalue weighted by molar-refractivity contribution is 6.10. The highest BCUT2D eigenvalue weighted by Gasteiger charge is 2.35. The van der Waals surface area contributed by atoms with Crippen molar-refractivity contribution in [1.29, 1.82) is 0 Å². The molecular weight excluding hydrogens is 548 g/mol. The first-order valence-corrected chi connectivity index (χ1v) is 15.5. The largest absolute Gasteiger partial charge is 0.279 e. The molecule has 1 aliphatic carbocycles. The van der Waals surface area contributed by atoms with Crippen molar-refractivity contribution in [3.63, 3.8) is 0 Å². The Morgan fingerprint density at radius 3 is 2.02 bits per heavy atom. The highest BCUT2D eigenvalue weighted by Crippen LogP contribution is 2.49. The minimum Gasteiger partial charge on any atom is -0.279 e. The molecule has 4 nitrogen and oxygen atoms in total. The smallest absolute Gasteiger partial charge is 0.221 e. The third kappa shape index (κ3) is 3.26. The van der Waals surface area contributed by atoms with Gasteiger partial charge in [0.05, 0.1) is 27.6 Å². The predicted octanol–water partition coefficient (Wildman–Crippen LogP) is 10.1. The van der Waals surface area contributed by atoms with Crippen LogP contribution in [0.25, 0.3) is 77.6 Å². The normalized spacial score (nSPS) is 13.7. The van der Waals surface area contributed by atoms with Gasteiger partial charge in [-0.15, -0.1) is 0 Å². The van der Waals surface area contributed by atoms with Crippen molar-refractivity contribution in [2.24, 2.45) is 0 Å². The van der Waals surface area contributed by atoms with Crippen LogP contribution in [0.2, 0.25) is 0 Å². The molecule has 0 fully saturated rings. The molecule has 0 saturated carbocycles. The second-order valence-electron chi connectivity index (χ2n) is 12.7. The monoisotopic (exact) mass is 576 g/mol. The maximum absolute atomic E-state index is 5.35.